The van der Waals surface area contributed by atoms with Crippen molar-refractivity contribution in [3.8, 4) is 0 Å². The van der Waals surface area contributed by atoms with Gasteiger partial charge in [0.25, 0.3) is 0 Å². The van der Waals surface area contributed by atoms with Crippen LogP contribution in [0.4, 0.5) is 5.69 Å². The van der Waals surface area contributed by atoms with Crippen LogP contribution in [-0.4, -0.2) is 24.0 Å². The number of aryl methyl sites for hydroxylation is 1. The summed E-state index contributed by atoms with van der Waals surface area (Å²) >= 11 is 0. The quantitative estimate of drug-likeness (QED) is 0.881. The van der Waals surface area contributed by atoms with E-state index in [0.717, 1.165) is 43.6 Å². The molecule has 1 unspecified atom stereocenters. The van der Waals surface area contributed by atoms with Gasteiger partial charge in [0.2, 0.25) is 5.91 Å². The van der Waals surface area contributed by atoms with E-state index in [1.54, 1.807) is 12.4 Å². The van der Waals surface area contributed by atoms with E-state index in [4.69, 9.17) is 0 Å². The van der Waals surface area contributed by atoms with E-state index in [2.05, 4.69) is 15.6 Å². The maximum Gasteiger partial charge on any atom is 0.228 e. The van der Waals surface area contributed by atoms with Crippen molar-refractivity contribution in [2.75, 3.05) is 18.4 Å². The zero-order valence-electron chi connectivity index (χ0n) is 11.5. The summed E-state index contributed by atoms with van der Waals surface area (Å²) < 4.78 is 0. The first-order valence-corrected chi connectivity index (χ1v) is 6.63. The lowest BCUT2D eigenvalue weighted by Gasteiger charge is -2.23. The van der Waals surface area contributed by atoms with Gasteiger partial charge in [-0.3, -0.25) is 9.78 Å². The van der Waals surface area contributed by atoms with E-state index >= 15 is 0 Å². The molecule has 1 spiro atoms. The third-order valence-electron chi connectivity index (χ3n) is 4.38. The summed E-state index contributed by atoms with van der Waals surface area (Å²) in [6.45, 7) is 4.08. The average Bonchev–Trinajstić information content (AvgIpc) is 3.07. The Labute approximate surface area is 131 Å². The standard InChI is InChI=1S/C14H19N3O.2ClH/c1-10-9-16-5-2-12(10)17-13(18)11-8-14(11)3-6-15-7-4-14;;/h2,5,9,11,15H,3-4,6-8H2,1H3,(H,16,17,18);2*1H. The van der Waals surface area contributed by atoms with Crippen LogP contribution in [0.1, 0.15) is 24.8 Å². The molecule has 0 radical (unpaired) electrons. The van der Waals surface area contributed by atoms with E-state index in [1.807, 2.05) is 13.0 Å². The van der Waals surface area contributed by atoms with Crippen molar-refractivity contribution in [1.29, 1.82) is 0 Å². The molecule has 0 bridgehead atoms. The number of carbonyl (C=O) groups excluding carboxylic acids is 1. The van der Waals surface area contributed by atoms with Crippen LogP contribution in [-0.2, 0) is 4.79 Å². The smallest absolute Gasteiger partial charge is 0.228 e. The molecule has 20 heavy (non-hydrogen) atoms. The first-order valence-electron chi connectivity index (χ1n) is 6.63. The van der Waals surface area contributed by atoms with Crippen LogP contribution in [0, 0.1) is 18.3 Å². The number of hydrogen-bond acceptors (Lipinski definition) is 3. The van der Waals surface area contributed by atoms with Crippen LogP contribution >= 0.6 is 24.8 Å². The van der Waals surface area contributed by atoms with E-state index in [0.29, 0.717) is 5.41 Å². The summed E-state index contributed by atoms with van der Waals surface area (Å²) in [6.07, 6.45) is 6.84. The molecule has 2 aliphatic rings. The van der Waals surface area contributed by atoms with Gasteiger partial charge in [0.05, 0.1) is 0 Å². The van der Waals surface area contributed by atoms with Crippen molar-refractivity contribution in [2.45, 2.75) is 26.2 Å². The molecular formula is C14H21Cl2N3O. The summed E-state index contributed by atoms with van der Waals surface area (Å²) in [6, 6.07) is 1.87. The zero-order valence-corrected chi connectivity index (χ0v) is 13.1. The van der Waals surface area contributed by atoms with Crippen LogP contribution in [0.5, 0.6) is 0 Å². The maximum absolute atomic E-state index is 12.2. The SMILES string of the molecule is Cc1cnccc1NC(=O)C1CC12CCNCC2.Cl.Cl. The van der Waals surface area contributed by atoms with Crippen molar-refractivity contribution >= 4 is 36.4 Å². The molecule has 3 rings (SSSR count). The van der Waals surface area contributed by atoms with E-state index < -0.39 is 0 Å². The van der Waals surface area contributed by atoms with Gasteiger partial charge in [-0.1, -0.05) is 0 Å². The number of hydrogen-bond donors (Lipinski definition) is 2. The number of nitrogens with zero attached hydrogens (tertiary/aromatic N) is 1. The molecule has 1 saturated heterocycles. The van der Waals surface area contributed by atoms with Gasteiger partial charge in [0, 0.05) is 24.0 Å². The second kappa shape index (κ2) is 6.74. The molecule has 1 aromatic heterocycles. The fraction of sp³-hybridized carbons (Fsp3) is 0.571. The lowest BCUT2D eigenvalue weighted by atomic mass is 9.92. The normalized spacial score (nSPS) is 22.4. The van der Waals surface area contributed by atoms with E-state index in [-0.39, 0.29) is 36.6 Å². The average molecular weight is 318 g/mol. The predicted molar refractivity (Wildman–Crippen MR) is 84.7 cm³/mol. The highest BCUT2D eigenvalue weighted by molar-refractivity contribution is 5.95. The third kappa shape index (κ3) is 3.25. The molecule has 6 heteroatoms. The van der Waals surface area contributed by atoms with Crippen LogP contribution in [0.3, 0.4) is 0 Å². The monoisotopic (exact) mass is 317 g/mol. The number of carbonyl (C=O) groups is 1. The molecule has 112 valence electrons. The van der Waals surface area contributed by atoms with Crippen LogP contribution in [0.25, 0.3) is 0 Å². The van der Waals surface area contributed by atoms with Crippen molar-refractivity contribution in [1.82, 2.24) is 10.3 Å². The molecule has 1 aromatic rings. The van der Waals surface area contributed by atoms with Crippen LogP contribution in [0.2, 0.25) is 0 Å². The largest absolute Gasteiger partial charge is 0.325 e. The van der Waals surface area contributed by atoms with E-state index in [1.165, 1.54) is 0 Å². The molecule has 1 aliphatic carbocycles. The molecule has 1 atom stereocenters. The predicted octanol–water partition coefficient (Wildman–Crippen LogP) is 2.56. The Kier molecular flexibility index (Phi) is 5.80. The Hall–Kier alpha value is -0.840. The lowest BCUT2D eigenvalue weighted by molar-refractivity contribution is -0.118. The van der Waals surface area contributed by atoms with Gasteiger partial charge in [-0.15, -0.1) is 24.8 Å². The van der Waals surface area contributed by atoms with Gasteiger partial charge in [-0.2, -0.15) is 0 Å². The number of piperidine rings is 1. The highest BCUT2D eigenvalue weighted by Crippen LogP contribution is 2.58. The van der Waals surface area contributed by atoms with Crippen molar-refractivity contribution in [3.05, 3.63) is 24.0 Å². The van der Waals surface area contributed by atoms with Crippen LogP contribution < -0.4 is 10.6 Å². The van der Waals surface area contributed by atoms with Crippen molar-refractivity contribution in [2.24, 2.45) is 11.3 Å². The van der Waals surface area contributed by atoms with Crippen LogP contribution in [0.15, 0.2) is 18.5 Å². The Morgan fingerprint density at radius 1 is 1.40 bits per heavy atom. The van der Waals surface area contributed by atoms with Crippen molar-refractivity contribution < 1.29 is 4.79 Å². The number of aromatic nitrogens is 1. The van der Waals surface area contributed by atoms with Gasteiger partial charge in [0.15, 0.2) is 0 Å². The topological polar surface area (TPSA) is 54.0 Å². The number of anilines is 1. The third-order valence-corrected chi connectivity index (χ3v) is 4.38. The number of amides is 1. The minimum atomic E-state index is 0. The molecule has 2 N–H and O–H groups in total. The minimum Gasteiger partial charge on any atom is -0.325 e. The lowest BCUT2D eigenvalue weighted by Crippen LogP contribution is -2.31. The second-order valence-electron chi connectivity index (χ2n) is 5.55. The second-order valence-corrected chi connectivity index (χ2v) is 5.55. The first kappa shape index (κ1) is 17.2. The van der Waals surface area contributed by atoms with Gasteiger partial charge >= 0.3 is 0 Å². The summed E-state index contributed by atoms with van der Waals surface area (Å²) in [5.74, 6) is 0.401. The molecule has 2 fully saturated rings. The fourth-order valence-corrected chi connectivity index (χ4v) is 3.03. The summed E-state index contributed by atoms with van der Waals surface area (Å²) in [5, 5.41) is 6.40. The molecule has 1 saturated carbocycles. The van der Waals surface area contributed by atoms with Gasteiger partial charge < -0.3 is 10.6 Å². The molecule has 1 amide bonds. The number of nitrogens with one attached hydrogen (secondary N) is 2. The summed E-state index contributed by atoms with van der Waals surface area (Å²) in [7, 11) is 0. The molecule has 0 aromatic carbocycles. The molecule has 2 heterocycles. The van der Waals surface area contributed by atoms with Crippen molar-refractivity contribution in [3.63, 3.8) is 0 Å². The maximum atomic E-state index is 12.2. The van der Waals surface area contributed by atoms with E-state index in [9.17, 15) is 4.79 Å². The van der Waals surface area contributed by atoms with Gasteiger partial charge in [-0.25, -0.2) is 0 Å². The Balaban J connectivity index is 0.000001000. The number of rotatable bonds is 2. The highest BCUT2D eigenvalue weighted by Gasteiger charge is 2.57. The minimum absolute atomic E-state index is 0. The number of halogens is 2. The molecule has 4 nitrogen and oxygen atoms in total. The fourth-order valence-electron chi connectivity index (χ4n) is 3.03. The number of pyridine rings is 1. The summed E-state index contributed by atoms with van der Waals surface area (Å²) in [5.41, 5.74) is 2.22. The zero-order chi connectivity index (χ0) is 12.6. The Bertz CT molecular complexity index is 475. The van der Waals surface area contributed by atoms with Gasteiger partial charge in [0.1, 0.15) is 0 Å². The van der Waals surface area contributed by atoms with Gasteiger partial charge in [-0.05, 0) is 56.3 Å². The molecular weight excluding hydrogens is 297 g/mol. The highest BCUT2D eigenvalue weighted by atomic mass is 35.5. The Morgan fingerprint density at radius 3 is 2.75 bits per heavy atom. The first-order chi connectivity index (χ1) is 8.71. The Morgan fingerprint density at radius 2 is 2.10 bits per heavy atom. The molecule has 1 aliphatic heterocycles. The summed E-state index contributed by atoms with van der Waals surface area (Å²) in [4.78, 5) is 16.3.